The number of sulfonamides is 1. The van der Waals surface area contributed by atoms with Crippen molar-refractivity contribution in [2.75, 3.05) is 243 Å². The van der Waals surface area contributed by atoms with E-state index in [4.69, 9.17) is 9.47 Å². The summed E-state index contributed by atoms with van der Waals surface area (Å²) < 4.78 is 49.7. The number of hydrogen-bond donors (Lipinski definition) is 3. The monoisotopic (exact) mass is 1980 g/mol. The van der Waals surface area contributed by atoms with Crippen molar-refractivity contribution in [3.8, 4) is 0 Å². The summed E-state index contributed by atoms with van der Waals surface area (Å²) in [4.78, 5) is 137. The van der Waals surface area contributed by atoms with Crippen LogP contribution in [0.25, 0.3) is 0 Å². The third-order valence-corrected chi connectivity index (χ3v) is 35.5. The molecule has 2 saturated carbocycles. The Morgan fingerprint density at radius 1 is 0.384 bits per heavy atom. The number of fused-ring (bicyclic) bond motifs is 10. The number of piperazine rings is 9. The van der Waals surface area contributed by atoms with Gasteiger partial charge in [0.25, 0.3) is 5.91 Å². The molecule has 12 amide bonds. The fourth-order valence-corrected chi connectivity index (χ4v) is 26.7. The van der Waals surface area contributed by atoms with Gasteiger partial charge in [0.2, 0.25) is 21.8 Å². The molecule has 38 heteroatoms. The average Bonchev–Trinajstić information content (AvgIpc) is 0.769. The minimum absolute atomic E-state index is 0.0116. The van der Waals surface area contributed by atoms with Gasteiger partial charge in [0.15, 0.2) is 0 Å². The number of carbonyl (C=O) groups excluding carboxylic acids is 8. The number of amides is 12. The molecule has 138 heavy (non-hydrogen) atoms. The number of likely N-dealkylation sites (N-methyl/N-ethyl adjacent to an activating group) is 1. The van der Waals surface area contributed by atoms with Crippen LogP contribution in [0, 0.1) is 29.6 Å². The van der Waals surface area contributed by atoms with E-state index in [1.54, 1.807) is 41.1 Å². The third-order valence-electron chi connectivity index (χ3n) is 33.4. The second kappa shape index (κ2) is 48.9. The molecular formula is C100H184N22O14S2. The Balaban J connectivity index is 0.000000145. The maximum Gasteiger partial charge on any atom is 0.409 e. The number of aliphatic hydroxyl groups is 1. The van der Waals surface area contributed by atoms with Gasteiger partial charge in [-0.25, -0.2) is 36.8 Å². The Hall–Kier alpha value is -5.78. The first-order valence-corrected chi connectivity index (χ1v) is 57.5. The van der Waals surface area contributed by atoms with Gasteiger partial charge in [-0.3, -0.25) is 48.0 Å². The molecule has 0 spiro atoms. The first-order chi connectivity index (χ1) is 65.1. The quantitative estimate of drug-likeness (QED) is 0.158. The second-order valence-electron chi connectivity index (χ2n) is 46.4. The van der Waals surface area contributed by atoms with Gasteiger partial charge >= 0.3 is 30.2 Å². The SMILES string of the molecule is CC(C)C1CCC(NC(=O)N2CCN(S(C)(=O)=O)CC2)CC1.CC(C)N1C2CC1CN(C(=O)C(C)(C)O)C2.CC(C)N1C2CC1CN(C(=O)C1CCN(C)CC1)C2.CC(C)N1C2CC1CN(C(=O)CN=S(C)(C)=O)C2.CC(C)N1C2CC1CN(C(=O)N1CCN(C)CC1)C2.CC(C)N1C2CC1CN(C(=O)N1CCN(C3COC3)CC1)C2.COC(=O)N1CCN(C(=O)NC2CCC(C(C)C)CC2)CC1. The van der Waals surface area contributed by atoms with Gasteiger partial charge in [-0.15, -0.1) is 0 Å². The van der Waals surface area contributed by atoms with Crippen LogP contribution in [0.5, 0.6) is 0 Å². The van der Waals surface area contributed by atoms with Crippen molar-refractivity contribution in [2.45, 2.75) is 321 Å². The maximum absolute atomic E-state index is 12.7. The highest BCUT2D eigenvalue weighted by atomic mass is 32.2. The first-order valence-electron chi connectivity index (χ1n) is 53.4. The summed E-state index contributed by atoms with van der Waals surface area (Å²) in [6, 6.07) is 10.4. The van der Waals surface area contributed by atoms with E-state index in [1.807, 2.05) is 14.7 Å². The Morgan fingerprint density at radius 2 is 0.696 bits per heavy atom. The summed E-state index contributed by atoms with van der Waals surface area (Å²) in [5.74, 6) is 3.66. The number of carbonyl (C=O) groups is 8. The van der Waals surface area contributed by atoms with E-state index in [9.17, 15) is 56.1 Å². The molecular weight excluding hydrogens is 1800 g/mol. The molecule has 10 unspecified atom stereocenters. The fraction of sp³-hybridized carbons (Fsp3) is 0.920. The smallest absolute Gasteiger partial charge is 0.409 e. The first kappa shape index (κ1) is 111. The molecule has 0 aromatic rings. The lowest BCUT2D eigenvalue weighted by molar-refractivity contribution is -0.162. The third kappa shape index (κ3) is 28.9. The number of nitrogens with zero attached hydrogens (tertiary/aromatic N) is 20. The summed E-state index contributed by atoms with van der Waals surface area (Å²) in [7, 11) is 0.348. The molecule has 23 aliphatic rings. The number of likely N-dealkylation sites (tertiary alicyclic amines) is 1. The average molecular weight is 1980 g/mol. The molecule has 21 heterocycles. The largest absolute Gasteiger partial charge is 0.453 e. The summed E-state index contributed by atoms with van der Waals surface area (Å²) in [5.41, 5.74) is -1.23. The number of ether oxygens (including phenoxy) is 2. The lowest BCUT2D eigenvalue weighted by Crippen LogP contribution is -2.72. The Labute approximate surface area is 830 Å². The van der Waals surface area contributed by atoms with Gasteiger partial charge in [-0.05, 0) is 230 Å². The molecule has 23 rings (SSSR count). The van der Waals surface area contributed by atoms with Crippen LogP contribution >= 0.6 is 0 Å². The maximum atomic E-state index is 12.7. The molecule has 790 valence electrons. The van der Waals surface area contributed by atoms with E-state index in [1.165, 1.54) is 75.5 Å². The highest BCUT2D eigenvalue weighted by Crippen LogP contribution is 2.41. The van der Waals surface area contributed by atoms with E-state index < -0.39 is 25.4 Å². The second-order valence-corrected chi connectivity index (χ2v) is 51.0. The van der Waals surface area contributed by atoms with Crippen LogP contribution < -0.4 is 10.6 Å². The van der Waals surface area contributed by atoms with Crippen LogP contribution in [0.2, 0.25) is 0 Å². The topological polar surface area (TPSA) is 324 Å². The van der Waals surface area contributed by atoms with Crippen molar-refractivity contribution in [3.05, 3.63) is 0 Å². The highest BCUT2D eigenvalue weighted by Gasteiger charge is 2.53. The predicted molar refractivity (Wildman–Crippen MR) is 542 cm³/mol. The summed E-state index contributed by atoms with van der Waals surface area (Å²) >= 11 is 0. The van der Waals surface area contributed by atoms with Gasteiger partial charge < -0.3 is 84.0 Å². The fourth-order valence-electron chi connectivity index (χ4n) is 25.4. The van der Waals surface area contributed by atoms with E-state index in [0.717, 1.165) is 206 Å². The summed E-state index contributed by atoms with van der Waals surface area (Å²) in [6.07, 6.45) is 21.5. The predicted octanol–water partition coefficient (Wildman–Crippen LogP) is 6.47. The molecule has 23 fully saturated rings. The van der Waals surface area contributed by atoms with Crippen LogP contribution in [0.4, 0.5) is 24.0 Å². The lowest BCUT2D eigenvalue weighted by Gasteiger charge is -2.58. The number of methoxy groups -OCH3 is 1. The zero-order valence-electron chi connectivity index (χ0n) is 88.8. The number of rotatable bonds is 15. The van der Waals surface area contributed by atoms with Crippen LogP contribution in [0.3, 0.4) is 0 Å². The molecule has 21 saturated heterocycles. The Bertz CT molecular complexity index is 4080. The number of nitrogens with one attached hydrogen (secondary N) is 2. The van der Waals surface area contributed by atoms with Gasteiger partial charge in [0, 0.05) is 301 Å². The molecule has 3 N–H and O–H groups in total. The Kier molecular flexibility index (Phi) is 39.4. The molecule has 21 aliphatic heterocycles. The number of piperidine rings is 6. The van der Waals surface area contributed by atoms with Gasteiger partial charge in [0.1, 0.15) is 12.1 Å². The van der Waals surface area contributed by atoms with Crippen molar-refractivity contribution in [1.82, 2.24) is 103 Å². The van der Waals surface area contributed by atoms with Crippen LogP contribution in [-0.2, 0) is 43.6 Å². The van der Waals surface area contributed by atoms with E-state index in [0.29, 0.717) is 167 Å². The van der Waals surface area contributed by atoms with Crippen molar-refractivity contribution >= 4 is 67.7 Å². The number of urea groups is 4. The molecule has 36 nitrogen and oxygen atoms in total. The Morgan fingerprint density at radius 3 is 1.01 bits per heavy atom. The van der Waals surface area contributed by atoms with Crippen molar-refractivity contribution < 1.29 is 65.6 Å². The molecule has 0 aromatic carbocycles. The van der Waals surface area contributed by atoms with E-state index in [-0.39, 0.29) is 54.6 Å². The van der Waals surface area contributed by atoms with Crippen LogP contribution in [0.1, 0.15) is 207 Å². The van der Waals surface area contributed by atoms with E-state index >= 15 is 0 Å². The zero-order chi connectivity index (χ0) is 100. The van der Waals surface area contributed by atoms with Gasteiger partial charge in [0.05, 0.1) is 32.6 Å². The summed E-state index contributed by atoms with van der Waals surface area (Å²) in [6.45, 7) is 58.9. The standard InChI is InChI=1S/C16H28N4O2.C16H29N3O3.C15H29N3O3S.C15H27N3O.C14H26N4O.C12H23N3O2S.C12H22N2O2/c1-12(2)20-13-7-14(20)9-19(8-13)16(21)18-5-3-17(4-6-18)15-10-22-11-15;1-12(2)13-4-6-14(7-5-13)17-15(20)18-8-10-19(11-9-18)16(21)22-3;1-12(2)13-4-6-14(7-5-13)16-15(19)17-8-10-18(11-9-17)22(3,20)21;1-11(2)18-13-8-14(18)10-17(9-13)15(19)12-4-6-16(3)7-5-12;1-11(2)18-12-8-13(18)10-17(9-12)14(19)16-6-4-15(3)5-7-16;1-9(2)15-10-5-11(15)8-14(7-10)12(16)6-13-18(3,4)17;1-8(2)14-9-5-10(14)7-13(6-9)11(15)12(3,4)16/h12-15H,3-11H2,1-2H3;12-14H,4-11H2,1-3H3,(H,17,20);12-14H,4-11H2,1-3H3,(H,16,19);11-14H,4-10H2,1-3H3;11-13H,4-10H2,1-3H3;9-11H,5-8H2,1-4H3;8-10,16H,5-7H2,1-4H3. The molecule has 10 atom stereocenters. The van der Waals surface area contributed by atoms with Crippen molar-refractivity contribution in [1.29, 1.82) is 0 Å². The normalized spacial score (nSPS) is 30.3. The lowest BCUT2D eigenvalue weighted by atomic mass is 9.80. The zero-order valence-corrected chi connectivity index (χ0v) is 90.5. The molecule has 0 aromatic heterocycles. The molecule has 0 radical (unpaired) electrons. The van der Waals surface area contributed by atoms with Crippen LogP contribution in [-0.4, -0.2) is 516 Å². The molecule has 2 aliphatic carbocycles. The highest BCUT2D eigenvalue weighted by molar-refractivity contribution is 7.92. The van der Waals surface area contributed by atoms with Gasteiger partial charge in [-0.1, -0.05) is 27.7 Å². The van der Waals surface area contributed by atoms with Crippen LogP contribution in [0.15, 0.2) is 4.36 Å². The summed E-state index contributed by atoms with van der Waals surface area (Å²) in [5, 5.41) is 16.0. The van der Waals surface area contributed by atoms with Crippen molar-refractivity contribution in [3.63, 3.8) is 0 Å². The van der Waals surface area contributed by atoms with Crippen molar-refractivity contribution in [2.24, 2.45) is 34.0 Å². The number of hydrogen-bond acceptors (Lipinski definition) is 23. The molecule has 10 bridgehead atoms. The van der Waals surface area contributed by atoms with E-state index in [2.05, 4.69) is 185 Å². The minimum Gasteiger partial charge on any atom is -0.453 e. The minimum atomic E-state index is -3.14. The van der Waals surface area contributed by atoms with Gasteiger partial charge in [-0.2, -0.15) is 4.31 Å².